The van der Waals surface area contributed by atoms with Crippen LogP contribution in [0.1, 0.15) is 35.3 Å². The van der Waals surface area contributed by atoms with E-state index in [2.05, 4.69) is 5.32 Å². The van der Waals surface area contributed by atoms with E-state index in [-0.39, 0.29) is 11.9 Å². The van der Waals surface area contributed by atoms with Crippen molar-refractivity contribution in [3.8, 4) is 11.5 Å². The third-order valence-electron chi connectivity index (χ3n) is 3.67. The van der Waals surface area contributed by atoms with Crippen LogP contribution >= 0.6 is 11.6 Å². The van der Waals surface area contributed by atoms with E-state index in [9.17, 15) is 9.59 Å². The van der Waals surface area contributed by atoms with Gasteiger partial charge in [0.1, 0.15) is 11.5 Å². The van der Waals surface area contributed by atoms with Gasteiger partial charge in [0.05, 0.1) is 12.6 Å². The van der Waals surface area contributed by atoms with Crippen LogP contribution in [0, 0.1) is 0 Å². The smallest absolute Gasteiger partial charge is 0.308 e. The number of benzene rings is 2. The highest BCUT2D eigenvalue weighted by atomic mass is 35.5. The van der Waals surface area contributed by atoms with Gasteiger partial charge in [0.15, 0.2) is 0 Å². The number of nitrogens with one attached hydrogen (secondary N) is 1. The number of ether oxygens (including phenoxy) is 2. The summed E-state index contributed by atoms with van der Waals surface area (Å²) in [5, 5.41) is 3.57. The van der Waals surface area contributed by atoms with Crippen LogP contribution in [0.5, 0.6) is 11.5 Å². The maximum Gasteiger partial charge on any atom is 0.308 e. The molecule has 3 rings (SSSR count). The van der Waals surface area contributed by atoms with Crippen LogP contribution in [-0.2, 0) is 4.79 Å². The van der Waals surface area contributed by atoms with Gasteiger partial charge in [0.25, 0.3) is 5.91 Å². The molecule has 0 aliphatic carbocycles. The van der Waals surface area contributed by atoms with Crippen LogP contribution in [0.2, 0.25) is 5.02 Å². The Bertz CT molecular complexity index is 790. The van der Waals surface area contributed by atoms with E-state index in [1.807, 2.05) is 0 Å². The molecule has 5 nitrogen and oxygen atoms in total. The number of carbonyl (C=O) groups excluding carboxylic acids is 2. The molecule has 0 fully saturated rings. The Morgan fingerprint density at radius 1 is 1.25 bits per heavy atom. The summed E-state index contributed by atoms with van der Waals surface area (Å²) >= 11 is 6.05. The first-order valence-electron chi connectivity index (χ1n) is 7.54. The lowest BCUT2D eigenvalue weighted by Gasteiger charge is -2.27. The maximum absolute atomic E-state index is 12.5. The highest BCUT2D eigenvalue weighted by Gasteiger charge is 2.24. The molecule has 24 heavy (non-hydrogen) atoms. The summed E-state index contributed by atoms with van der Waals surface area (Å²) in [6.07, 6.45) is 0.655. The summed E-state index contributed by atoms with van der Waals surface area (Å²) in [6, 6.07) is 11.7. The van der Waals surface area contributed by atoms with Gasteiger partial charge in [0, 0.05) is 29.5 Å². The van der Waals surface area contributed by atoms with Crippen LogP contribution in [0.15, 0.2) is 42.5 Å². The minimum atomic E-state index is -0.430. The van der Waals surface area contributed by atoms with Crippen molar-refractivity contribution in [2.45, 2.75) is 19.4 Å². The molecular formula is C18H16ClNO4. The zero-order valence-corrected chi connectivity index (χ0v) is 13.8. The molecule has 1 N–H and O–H groups in total. The molecule has 1 amide bonds. The predicted molar refractivity (Wildman–Crippen MR) is 89.5 cm³/mol. The van der Waals surface area contributed by atoms with E-state index in [0.29, 0.717) is 29.4 Å². The van der Waals surface area contributed by atoms with Crippen molar-refractivity contribution in [2.75, 3.05) is 6.61 Å². The van der Waals surface area contributed by atoms with E-state index in [4.69, 9.17) is 21.1 Å². The van der Waals surface area contributed by atoms with Gasteiger partial charge in [-0.3, -0.25) is 9.59 Å². The van der Waals surface area contributed by atoms with Gasteiger partial charge >= 0.3 is 5.97 Å². The van der Waals surface area contributed by atoms with Crippen LogP contribution in [0.4, 0.5) is 0 Å². The first-order chi connectivity index (χ1) is 11.5. The fourth-order valence-electron chi connectivity index (χ4n) is 2.62. The molecule has 0 aromatic heterocycles. The lowest BCUT2D eigenvalue weighted by atomic mass is 10.00. The summed E-state index contributed by atoms with van der Waals surface area (Å²) in [6.45, 7) is 1.84. The van der Waals surface area contributed by atoms with Gasteiger partial charge < -0.3 is 14.8 Å². The molecule has 1 atom stereocenters. The molecule has 1 heterocycles. The number of carbonyl (C=O) groups is 2. The second-order valence-electron chi connectivity index (χ2n) is 5.47. The first-order valence-corrected chi connectivity index (χ1v) is 7.92. The van der Waals surface area contributed by atoms with Gasteiger partial charge in [-0.05, 0) is 36.4 Å². The number of fused-ring (bicyclic) bond motifs is 1. The number of hydrogen-bond acceptors (Lipinski definition) is 4. The molecule has 0 bridgehead atoms. The van der Waals surface area contributed by atoms with E-state index in [0.717, 1.165) is 11.3 Å². The van der Waals surface area contributed by atoms with Crippen LogP contribution in [0.25, 0.3) is 0 Å². The molecule has 1 unspecified atom stereocenters. The SMILES string of the molecule is CC(=O)Oc1cccc(C(=O)NC2CCOc3ccc(Cl)cc32)c1. The molecular weight excluding hydrogens is 330 g/mol. The third-order valence-corrected chi connectivity index (χ3v) is 3.91. The lowest BCUT2D eigenvalue weighted by molar-refractivity contribution is -0.131. The Morgan fingerprint density at radius 3 is 2.88 bits per heavy atom. The molecule has 0 spiro atoms. The minimum absolute atomic E-state index is 0.183. The summed E-state index contributed by atoms with van der Waals surface area (Å²) in [5.41, 5.74) is 1.28. The number of halogens is 1. The molecule has 2 aromatic carbocycles. The Hall–Kier alpha value is -2.53. The van der Waals surface area contributed by atoms with Crippen LogP contribution in [0.3, 0.4) is 0 Å². The van der Waals surface area contributed by atoms with Gasteiger partial charge in [-0.1, -0.05) is 17.7 Å². The van der Waals surface area contributed by atoms with Crippen molar-refractivity contribution >= 4 is 23.5 Å². The molecule has 2 aromatic rings. The Balaban J connectivity index is 1.79. The average molecular weight is 346 g/mol. The first kappa shape index (κ1) is 16.3. The van der Waals surface area contributed by atoms with Gasteiger partial charge in [-0.15, -0.1) is 0 Å². The number of esters is 1. The molecule has 1 aliphatic heterocycles. The topological polar surface area (TPSA) is 64.6 Å². The van der Waals surface area contributed by atoms with Crippen molar-refractivity contribution in [1.29, 1.82) is 0 Å². The molecule has 6 heteroatoms. The normalized spacial score (nSPS) is 15.8. The van der Waals surface area contributed by atoms with Gasteiger partial charge in [-0.2, -0.15) is 0 Å². The van der Waals surface area contributed by atoms with Crippen molar-refractivity contribution in [3.05, 3.63) is 58.6 Å². The van der Waals surface area contributed by atoms with Crippen LogP contribution in [-0.4, -0.2) is 18.5 Å². The Morgan fingerprint density at radius 2 is 2.08 bits per heavy atom. The second-order valence-corrected chi connectivity index (χ2v) is 5.90. The highest BCUT2D eigenvalue weighted by Crippen LogP contribution is 2.34. The Kier molecular flexibility index (Phi) is 4.71. The monoisotopic (exact) mass is 345 g/mol. The number of hydrogen-bond donors (Lipinski definition) is 1. The van der Waals surface area contributed by atoms with Crippen LogP contribution < -0.4 is 14.8 Å². The molecule has 0 radical (unpaired) electrons. The second kappa shape index (κ2) is 6.93. The fourth-order valence-corrected chi connectivity index (χ4v) is 2.80. The van der Waals surface area contributed by atoms with Crippen molar-refractivity contribution < 1.29 is 19.1 Å². The predicted octanol–water partition coefficient (Wildman–Crippen LogP) is 3.52. The highest BCUT2D eigenvalue weighted by molar-refractivity contribution is 6.30. The molecule has 1 aliphatic rings. The van der Waals surface area contributed by atoms with Crippen molar-refractivity contribution in [3.63, 3.8) is 0 Å². The number of amides is 1. The lowest BCUT2D eigenvalue weighted by Crippen LogP contribution is -2.32. The largest absolute Gasteiger partial charge is 0.493 e. The minimum Gasteiger partial charge on any atom is -0.493 e. The van der Waals surface area contributed by atoms with Gasteiger partial charge in [-0.25, -0.2) is 0 Å². The fraction of sp³-hybridized carbons (Fsp3) is 0.222. The zero-order chi connectivity index (χ0) is 17.1. The quantitative estimate of drug-likeness (QED) is 0.683. The van der Waals surface area contributed by atoms with Gasteiger partial charge in [0.2, 0.25) is 0 Å². The number of rotatable bonds is 3. The van der Waals surface area contributed by atoms with Crippen molar-refractivity contribution in [1.82, 2.24) is 5.32 Å². The maximum atomic E-state index is 12.5. The van der Waals surface area contributed by atoms with E-state index >= 15 is 0 Å². The molecule has 0 saturated heterocycles. The summed E-state index contributed by atoms with van der Waals surface area (Å²) < 4.78 is 10.6. The average Bonchev–Trinajstić information content (AvgIpc) is 2.55. The summed E-state index contributed by atoms with van der Waals surface area (Å²) in [5.74, 6) is 0.387. The summed E-state index contributed by atoms with van der Waals surface area (Å²) in [7, 11) is 0. The van der Waals surface area contributed by atoms with E-state index < -0.39 is 5.97 Å². The standard InChI is InChI=1S/C18H16ClNO4/c1-11(21)24-14-4-2-3-12(9-14)18(22)20-16-7-8-23-17-6-5-13(19)10-15(16)17/h2-6,9-10,16H,7-8H2,1H3,(H,20,22). The molecule has 0 saturated carbocycles. The van der Waals surface area contributed by atoms with E-state index in [1.54, 1.807) is 36.4 Å². The third kappa shape index (κ3) is 3.68. The molecule has 124 valence electrons. The zero-order valence-electron chi connectivity index (χ0n) is 13.0. The van der Waals surface area contributed by atoms with Crippen molar-refractivity contribution in [2.24, 2.45) is 0 Å². The summed E-state index contributed by atoms with van der Waals surface area (Å²) in [4.78, 5) is 23.6. The Labute approximate surface area is 144 Å². The van der Waals surface area contributed by atoms with E-state index in [1.165, 1.54) is 13.0 Å².